The summed E-state index contributed by atoms with van der Waals surface area (Å²) in [7, 11) is 3.92. The zero-order chi connectivity index (χ0) is 17.6. The lowest BCUT2D eigenvalue weighted by Crippen LogP contribution is -2.34. The number of likely N-dealkylation sites (N-methyl/N-ethyl adjacent to an activating group) is 1. The number of carbonyl (C=O) groups excluding carboxylic acids is 1. The Morgan fingerprint density at radius 3 is 2.72 bits per heavy atom. The van der Waals surface area contributed by atoms with Crippen LogP contribution in [0, 0.1) is 0 Å². The second-order valence-electron chi connectivity index (χ2n) is 5.99. The van der Waals surface area contributed by atoms with Crippen LogP contribution in [0.25, 0.3) is 0 Å². The molecule has 6 heteroatoms. The minimum Gasteiger partial charge on any atom is -0.468 e. The van der Waals surface area contributed by atoms with Crippen molar-refractivity contribution in [2.75, 3.05) is 20.6 Å². The average Bonchev–Trinajstić information content (AvgIpc) is 3.28. The molecule has 3 aromatic rings. The summed E-state index contributed by atoms with van der Waals surface area (Å²) in [5.41, 5.74) is 1.65. The highest BCUT2D eigenvalue weighted by Gasteiger charge is 2.19. The first-order valence-corrected chi connectivity index (χ1v) is 8.98. The number of aromatic nitrogens is 1. The summed E-state index contributed by atoms with van der Waals surface area (Å²) < 4.78 is 5.46. The van der Waals surface area contributed by atoms with E-state index >= 15 is 0 Å². The third kappa shape index (κ3) is 4.55. The van der Waals surface area contributed by atoms with Gasteiger partial charge in [0.15, 0.2) is 0 Å². The van der Waals surface area contributed by atoms with Gasteiger partial charge >= 0.3 is 0 Å². The van der Waals surface area contributed by atoms with E-state index in [-0.39, 0.29) is 11.9 Å². The monoisotopic (exact) mass is 355 g/mol. The molecule has 3 rings (SSSR count). The van der Waals surface area contributed by atoms with Crippen LogP contribution in [0.4, 0.5) is 0 Å². The van der Waals surface area contributed by atoms with Gasteiger partial charge in [-0.1, -0.05) is 30.3 Å². The van der Waals surface area contributed by atoms with Gasteiger partial charge in [-0.15, -0.1) is 11.3 Å². The Kier molecular flexibility index (Phi) is 5.63. The second-order valence-corrected chi connectivity index (χ2v) is 6.94. The second kappa shape index (κ2) is 8.09. The topological polar surface area (TPSA) is 58.4 Å². The molecule has 0 fully saturated rings. The molecular weight excluding hydrogens is 334 g/mol. The number of thiazole rings is 1. The molecule has 25 heavy (non-hydrogen) atoms. The summed E-state index contributed by atoms with van der Waals surface area (Å²) in [6.45, 7) is 0.463. The van der Waals surface area contributed by atoms with Gasteiger partial charge in [0, 0.05) is 18.3 Å². The van der Waals surface area contributed by atoms with Gasteiger partial charge in [-0.2, -0.15) is 0 Å². The number of amides is 1. The number of hydrogen-bond acceptors (Lipinski definition) is 5. The Morgan fingerprint density at radius 1 is 1.24 bits per heavy atom. The molecule has 0 aliphatic carbocycles. The van der Waals surface area contributed by atoms with Gasteiger partial charge in [0.05, 0.1) is 17.3 Å². The normalized spacial score (nSPS) is 12.3. The minimum atomic E-state index is -0.158. The van der Waals surface area contributed by atoms with Crippen molar-refractivity contribution in [2.45, 2.75) is 12.5 Å². The van der Waals surface area contributed by atoms with Gasteiger partial charge in [-0.25, -0.2) is 4.98 Å². The molecule has 0 bridgehead atoms. The highest BCUT2D eigenvalue weighted by molar-refractivity contribution is 7.09. The molecule has 0 aliphatic heterocycles. The fourth-order valence-corrected chi connectivity index (χ4v) is 3.37. The predicted octanol–water partition coefficient (Wildman–Crippen LogP) is 3.36. The standard InChI is InChI=1S/C19H21N3O2S/c1-22(2)16(17-9-6-10-24-17)12-20-19(23)15-13-25-18(21-15)11-14-7-4-3-5-8-14/h3-10,13,16H,11-12H2,1-2H3,(H,20,23). The number of nitrogens with zero attached hydrogens (tertiary/aromatic N) is 2. The Morgan fingerprint density at radius 2 is 2.04 bits per heavy atom. The fourth-order valence-electron chi connectivity index (χ4n) is 2.57. The van der Waals surface area contributed by atoms with Crippen LogP contribution < -0.4 is 5.32 Å². The van der Waals surface area contributed by atoms with Crippen LogP contribution in [0.15, 0.2) is 58.5 Å². The van der Waals surface area contributed by atoms with E-state index in [1.165, 1.54) is 16.9 Å². The third-order valence-electron chi connectivity index (χ3n) is 3.93. The molecule has 1 N–H and O–H groups in total. The van der Waals surface area contributed by atoms with E-state index in [9.17, 15) is 4.79 Å². The molecule has 1 aromatic carbocycles. The van der Waals surface area contributed by atoms with Crippen LogP contribution in [-0.4, -0.2) is 36.4 Å². The number of hydrogen-bond donors (Lipinski definition) is 1. The van der Waals surface area contributed by atoms with E-state index in [1.54, 1.807) is 6.26 Å². The summed E-state index contributed by atoms with van der Waals surface area (Å²) in [5, 5.41) is 5.70. The molecule has 1 unspecified atom stereocenters. The maximum Gasteiger partial charge on any atom is 0.270 e. The molecule has 5 nitrogen and oxygen atoms in total. The lowest BCUT2D eigenvalue weighted by Gasteiger charge is -2.22. The molecule has 0 aliphatic rings. The van der Waals surface area contributed by atoms with Gasteiger partial charge in [0.2, 0.25) is 0 Å². The Bertz CT molecular complexity index is 797. The summed E-state index contributed by atoms with van der Waals surface area (Å²) in [6, 6.07) is 13.9. The molecular formula is C19H21N3O2S. The van der Waals surface area contributed by atoms with Gasteiger partial charge in [-0.05, 0) is 31.8 Å². The van der Waals surface area contributed by atoms with Crippen LogP contribution in [0.5, 0.6) is 0 Å². The summed E-state index contributed by atoms with van der Waals surface area (Å²) in [5.74, 6) is 0.669. The van der Waals surface area contributed by atoms with Crippen molar-refractivity contribution in [1.29, 1.82) is 0 Å². The van der Waals surface area contributed by atoms with E-state index in [1.807, 2.05) is 54.7 Å². The maximum absolute atomic E-state index is 12.4. The number of benzene rings is 1. The van der Waals surface area contributed by atoms with E-state index in [0.717, 1.165) is 17.2 Å². The fraction of sp³-hybridized carbons (Fsp3) is 0.263. The van der Waals surface area contributed by atoms with E-state index < -0.39 is 0 Å². The lowest BCUT2D eigenvalue weighted by molar-refractivity contribution is 0.0934. The first kappa shape index (κ1) is 17.4. The van der Waals surface area contributed by atoms with E-state index in [2.05, 4.69) is 22.4 Å². The minimum absolute atomic E-state index is 0.0126. The lowest BCUT2D eigenvalue weighted by atomic mass is 10.2. The van der Waals surface area contributed by atoms with Crippen LogP contribution in [-0.2, 0) is 6.42 Å². The van der Waals surface area contributed by atoms with E-state index in [0.29, 0.717) is 12.2 Å². The van der Waals surface area contributed by atoms with Gasteiger partial charge < -0.3 is 9.73 Å². The van der Waals surface area contributed by atoms with Crippen molar-refractivity contribution in [3.8, 4) is 0 Å². The largest absolute Gasteiger partial charge is 0.468 e. The zero-order valence-electron chi connectivity index (χ0n) is 14.3. The first-order valence-electron chi connectivity index (χ1n) is 8.10. The highest BCUT2D eigenvalue weighted by Crippen LogP contribution is 2.18. The number of furan rings is 1. The van der Waals surface area contributed by atoms with E-state index in [4.69, 9.17) is 4.42 Å². The SMILES string of the molecule is CN(C)C(CNC(=O)c1csc(Cc2ccccc2)n1)c1ccco1. The maximum atomic E-state index is 12.4. The zero-order valence-corrected chi connectivity index (χ0v) is 15.1. The molecule has 130 valence electrons. The smallest absolute Gasteiger partial charge is 0.270 e. The molecule has 0 saturated heterocycles. The van der Waals surface area contributed by atoms with Crippen molar-refractivity contribution >= 4 is 17.2 Å². The van der Waals surface area contributed by atoms with Gasteiger partial charge in [0.25, 0.3) is 5.91 Å². The third-order valence-corrected chi connectivity index (χ3v) is 4.78. The summed E-state index contributed by atoms with van der Waals surface area (Å²) in [4.78, 5) is 18.9. The number of carbonyl (C=O) groups is 1. The molecule has 1 atom stereocenters. The Hall–Kier alpha value is -2.44. The molecule has 0 saturated carbocycles. The molecule has 2 aromatic heterocycles. The molecule has 1 amide bonds. The number of rotatable bonds is 7. The highest BCUT2D eigenvalue weighted by atomic mass is 32.1. The van der Waals surface area contributed by atoms with Crippen LogP contribution in [0.3, 0.4) is 0 Å². The quantitative estimate of drug-likeness (QED) is 0.706. The van der Waals surface area contributed by atoms with Crippen molar-refractivity contribution < 1.29 is 9.21 Å². The predicted molar refractivity (Wildman–Crippen MR) is 98.8 cm³/mol. The number of nitrogens with one attached hydrogen (secondary N) is 1. The van der Waals surface area contributed by atoms with Crippen LogP contribution >= 0.6 is 11.3 Å². The van der Waals surface area contributed by atoms with Crippen LogP contribution in [0.1, 0.15) is 32.9 Å². The van der Waals surface area contributed by atoms with Crippen molar-refractivity contribution in [2.24, 2.45) is 0 Å². The van der Waals surface area contributed by atoms with Crippen molar-refractivity contribution in [1.82, 2.24) is 15.2 Å². The Balaban J connectivity index is 1.60. The van der Waals surface area contributed by atoms with Gasteiger partial charge in [-0.3, -0.25) is 9.69 Å². The summed E-state index contributed by atoms with van der Waals surface area (Å²) in [6.07, 6.45) is 2.38. The molecule has 2 heterocycles. The average molecular weight is 355 g/mol. The Labute approximate surface area is 151 Å². The van der Waals surface area contributed by atoms with Crippen molar-refractivity contribution in [3.05, 3.63) is 76.1 Å². The molecule has 0 radical (unpaired) electrons. The van der Waals surface area contributed by atoms with Gasteiger partial charge in [0.1, 0.15) is 11.5 Å². The molecule has 0 spiro atoms. The summed E-state index contributed by atoms with van der Waals surface area (Å²) >= 11 is 1.51. The first-order chi connectivity index (χ1) is 12.1. The van der Waals surface area contributed by atoms with Crippen molar-refractivity contribution in [3.63, 3.8) is 0 Å². The van der Waals surface area contributed by atoms with Crippen LogP contribution in [0.2, 0.25) is 0 Å².